The summed E-state index contributed by atoms with van der Waals surface area (Å²) in [7, 11) is 0. The molecule has 106 valence electrons. The molecule has 6 heteroatoms. The molecule has 0 bridgehead atoms. The Balaban J connectivity index is 2.69. The summed E-state index contributed by atoms with van der Waals surface area (Å²) in [6, 6.07) is 4.94. The maximum Gasteiger partial charge on any atom is 0.283 e. The van der Waals surface area contributed by atoms with Gasteiger partial charge in [0.15, 0.2) is 0 Å². The Bertz CT molecular complexity index is 448. The standard InChI is InChI=1S/C13H19BrN2O3/c1-3-13(17,4-2)9-15-8-10-6-5-7-11(12(10)14)16(18)19/h5-7,15,17H,3-4,8-9H2,1-2H3. The van der Waals surface area contributed by atoms with Crippen molar-refractivity contribution < 1.29 is 10.0 Å². The first-order valence-electron chi connectivity index (χ1n) is 6.28. The summed E-state index contributed by atoms with van der Waals surface area (Å²) in [5.41, 5.74) is 0.150. The first-order valence-corrected chi connectivity index (χ1v) is 7.07. The predicted octanol–water partition coefficient (Wildman–Crippen LogP) is 3.00. The molecule has 0 aliphatic carbocycles. The second-order valence-corrected chi connectivity index (χ2v) is 5.34. The SMILES string of the molecule is CCC(O)(CC)CNCc1cccc([N+](=O)[O-])c1Br. The Morgan fingerprint density at radius 2 is 2.05 bits per heavy atom. The average molecular weight is 331 g/mol. The summed E-state index contributed by atoms with van der Waals surface area (Å²) < 4.78 is 0.490. The molecule has 0 spiro atoms. The number of hydrogen-bond donors (Lipinski definition) is 2. The van der Waals surface area contributed by atoms with Gasteiger partial charge in [0.05, 0.1) is 15.0 Å². The van der Waals surface area contributed by atoms with Crippen molar-refractivity contribution in [3.63, 3.8) is 0 Å². The quantitative estimate of drug-likeness (QED) is 0.595. The van der Waals surface area contributed by atoms with Gasteiger partial charge in [-0.15, -0.1) is 0 Å². The molecule has 0 atom stereocenters. The highest BCUT2D eigenvalue weighted by molar-refractivity contribution is 9.10. The van der Waals surface area contributed by atoms with E-state index in [9.17, 15) is 15.2 Å². The van der Waals surface area contributed by atoms with Crippen LogP contribution in [-0.4, -0.2) is 22.2 Å². The van der Waals surface area contributed by atoms with Crippen LogP contribution in [0.1, 0.15) is 32.3 Å². The minimum Gasteiger partial charge on any atom is -0.389 e. The fourth-order valence-electron chi connectivity index (χ4n) is 1.77. The molecule has 0 aliphatic heterocycles. The molecular formula is C13H19BrN2O3. The molecule has 19 heavy (non-hydrogen) atoms. The molecule has 1 rings (SSSR count). The molecule has 1 aromatic rings. The van der Waals surface area contributed by atoms with Crippen molar-refractivity contribution in [2.24, 2.45) is 0 Å². The molecule has 0 saturated carbocycles. The average Bonchev–Trinajstić information content (AvgIpc) is 2.40. The van der Waals surface area contributed by atoms with Gasteiger partial charge >= 0.3 is 0 Å². The molecule has 0 aromatic heterocycles. The van der Waals surface area contributed by atoms with Crippen LogP contribution >= 0.6 is 15.9 Å². The largest absolute Gasteiger partial charge is 0.389 e. The highest BCUT2D eigenvalue weighted by Gasteiger charge is 2.21. The molecule has 0 fully saturated rings. The zero-order valence-electron chi connectivity index (χ0n) is 11.1. The van der Waals surface area contributed by atoms with E-state index < -0.39 is 10.5 Å². The van der Waals surface area contributed by atoms with Crippen LogP contribution in [0.25, 0.3) is 0 Å². The van der Waals surface area contributed by atoms with E-state index >= 15 is 0 Å². The van der Waals surface area contributed by atoms with Gasteiger partial charge < -0.3 is 10.4 Å². The normalized spacial score (nSPS) is 11.6. The number of rotatable bonds is 7. The van der Waals surface area contributed by atoms with Crippen molar-refractivity contribution >= 4 is 21.6 Å². The van der Waals surface area contributed by atoms with Crippen LogP contribution in [0, 0.1) is 10.1 Å². The van der Waals surface area contributed by atoms with Gasteiger partial charge in [-0.1, -0.05) is 26.0 Å². The Labute approximate surface area is 121 Å². The van der Waals surface area contributed by atoms with E-state index in [-0.39, 0.29) is 5.69 Å². The molecule has 2 N–H and O–H groups in total. The van der Waals surface area contributed by atoms with Crippen molar-refractivity contribution in [2.45, 2.75) is 38.8 Å². The predicted molar refractivity (Wildman–Crippen MR) is 78.0 cm³/mol. The summed E-state index contributed by atoms with van der Waals surface area (Å²) >= 11 is 3.25. The number of hydrogen-bond acceptors (Lipinski definition) is 4. The lowest BCUT2D eigenvalue weighted by Gasteiger charge is -2.25. The molecular weight excluding hydrogens is 312 g/mol. The van der Waals surface area contributed by atoms with E-state index in [0.717, 1.165) is 5.56 Å². The van der Waals surface area contributed by atoms with Crippen LogP contribution in [0.5, 0.6) is 0 Å². The Kier molecular flexibility index (Phi) is 5.90. The summed E-state index contributed by atoms with van der Waals surface area (Å²) in [4.78, 5) is 10.4. The number of halogens is 1. The highest BCUT2D eigenvalue weighted by Crippen LogP contribution is 2.28. The van der Waals surface area contributed by atoms with Gasteiger partial charge in [-0.25, -0.2) is 0 Å². The lowest BCUT2D eigenvalue weighted by atomic mass is 9.97. The summed E-state index contributed by atoms with van der Waals surface area (Å²) in [5.74, 6) is 0. The molecule has 0 amide bonds. The van der Waals surface area contributed by atoms with Crippen molar-refractivity contribution in [2.75, 3.05) is 6.54 Å². The number of nitro benzene ring substituents is 1. The van der Waals surface area contributed by atoms with E-state index in [1.54, 1.807) is 6.07 Å². The molecule has 1 aromatic carbocycles. The van der Waals surface area contributed by atoms with E-state index in [1.165, 1.54) is 6.07 Å². The first kappa shape index (κ1) is 16.1. The van der Waals surface area contributed by atoms with Crippen LogP contribution in [-0.2, 0) is 6.54 Å². The van der Waals surface area contributed by atoms with Gasteiger partial charge in [0, 0.05) is 19.2 Å². The topological polar surface area (TPSA) is 75.4 Å². The van der Waals surface area contributed by atoms with Gasteiger partial charge in [-0.3, -0.25) is 10.1 Å². The number of benzene rings is 1. The van der Waals surface area contributed by atoms with Crippen LogP contribution in [0.4, 0.5) is 5.69 Å². The second-order valence-electron chi connectivity index (χ2n) is 4.54. The van der Waals surface area contributed by atoms with E-state index in [1.807, 2.05) is 19.9 Å². The molecule has 0 saturated heterocycles. The van der Waals surface area contributed by atoms with Gasteiger partial charge in [0.2, 0.25) is 0 Å². The van der Waals surface area contributed by atoms with E-state index in [4.69, 9.17) is 0 Å². The number of aliphatic hydroxyl groups is 1. The van der Waals surface area contributed by atoms with Gasteiger partial charge in [-0.05, 0) is 34.3 Å². The van der Waals surface area contributed by atoms with Crippen molar-refractivity contribution in [1.29, 1.82) is 0 Å². The maximum absolute atomic E-state index is 10.8. The van der Waals surface area contributed by atoms with Crippen molar-refractivity contribution in [1.82, 2.24) is 5.32 Å². The summed E-state index contributed by atoms with van der Waals surface area (Å²) in [6.07, 6.45) is 1.35. The maximum atomic E-state index is 10.8. The highest BCUT2D eigenvalue weighted by atomic mass is 79.9. The molecule has 0 radical (unpaired) electrons. The van der Waals surface area contributed by atoms with Crippen LogP contribution in [0.3, 0.4) is 0 Å². The van der Waals surface area contributed by atoms with Gasteiger partial charge in [-0.2, -0.15) is 0 Å². The fraction of sp³-hybridized carbons (Fsp3) is 0.538. The molecule has 0 heterocycles. The zero-order chi connectivity index (χ0) is 14.5. The minimum atomic E-state index is -0.715. The minimum absolute atomic E-state index is 0.0561. The first-order chi connectivity index (χ1) is 8.93. The van der Waals surface area contributed by atoms with Crippen LogP contribution in [0.2, 0.25) is 0 Å². The zero-order valence-corrected chi connectivity index (χ0v) is 12.7. The van der Waals surface area contributed by atoms with Gasteiger partial charge in [0.25, 0.3) is 5.69 Å². The fourth-order valence-corrected chi connectivity index (χ4v) is 2.32. The third-order valence-electron chi connectivity index (χ3n) is 3.34. The van der Waals surface area contributed by atoms with E-state index in [0.29, 0.717) is 30.4 Å². The van der Waals surface area contributed by atoms with E-state index in [2.05, 4.69) is 21.2 Å². The molecule has 5 nitrogen and oxygen atoms in total. The monoisotopic (exact) mass is 330 g/mol. The molecule has 0 unspecified atom stereocenters. The van der Waals surface area contributed by atoms with Crippen molar-refractivity contribution in [3.8, 4) is 0 Å². The van der Waals surface area contributed by atoms with Crippen molar-refractivity contribution in [3.05, 3.63) is 38.3 Å². The van der Waals surface area contributed by atoms with Crippen LogP contribution < -0.4 is 5.32 Å². The smallest absolute Gasteiger partial charge is 0.283 e. The Hall–Kier alpha value is -0.980. The van der Waals surface area contributed by atoms with Crippen LogP contribution in [0.15, 0.2) is 22.7 Å². The van der Waals surface area contributed by atoms with Gasteiger partial charge in [0.1, 0.15) is 0 Å². The number of nitro groups is 1. The lowest BCUT2D eigenvalue weighted by molar-refractivity contribution is -0.385. The summed E-state index contributed by atoms with van der Waals surface area (Å²) in [5, 5.41) is 24.1. The molecule has 0 aliphatic rings. The Morgan fingerprint density at radius 3 is 2.58 bits per heavy atom. The second kappa shape index (κ2) is 6.98. The lowest BCUT2D eigenvalue weighted by Crippen LogP contribution is -2.39. The third kappa shape index (κ3) is 4.26. The Morgan fingerprint density at radius 1 is 1.42 bits per heavy atom. The number of nitrogens with one attached hydrogen (secondary N) is 1. The third-order valence-corrected chi connectivity index (χ3v) is 4.26. The number of nitrogens with zero attached hydrogens (tertiary/aromatic N) is 1. The summed E-state index contributed by atoms with van der Waals surface area (Å²) in [6.45, 7) is 4.82.